The minimum absolute atomic E-state index is 0.0910. The number of hydrogen-bond acceptors (Lipinski definition) is 5. The molecular formula is C20H24N4O2. The van der Waals surface area contributed by atoms with E-state index < -0.39 is 6.10 Å². The van der Waals surface area contributed by atoms with Crippen LogP contribution < -0.4 is 20.7 Å². The first-order valence-electron chi connectivity index (χ1n) is 9.02. The van der Waals surface area contributed by atoms with E-state index in [0.717, 1.165) is 49.8 Å². The molecule has 136 valence electrons. The number of fused-ring (bicyclic) bond motifs is 1. The monoisotopic (exact) mass is 352 g/mol. The number of nitrogen functional groups attached to an aromatic ring is 1. The lowest BCUT2D eigenvalue weighted by atomic mass is 10.1. The third-order valence-electron chi connectivity index (χ3n) is 5.01. The van der Waals surface area contributed by atoms with Gasteiger partial charge < -0.3 is 20.7 Å². The van der Waals surface area contributed by atoms with Crippen LogP contribution in [0.2, 0.25) is 0 Å². The zero-order valence-corrected chi connectivity index (χ0v) is 14.9. The van der Waals surface area contributed by atoms with Gasteiger partial charge in [0.25, 0.3) is 5.91 Å². The second-order valence-electron chi connectivity index (χ2n) is 6.93. The average molecular weight is 352 g/mol. The SMILES string of the molecule is CC1Oc2ccc(CN3CCN(c4ccc(N)cc4)CC3)cc2NC1=O. The molecule has 0 saturated carbocycles. The van der Waals surface area contributed by atoms with Crippen LogP contribution in [-0.4, -0.2) is 43.1 Å². The molecule has 1 unspecified atom stereocenters. The molecular weight excluding hydrogens is 328 g/mol. The van der Waals surface area contributed by atoms with E-state index in [4.69, 9.17) is 10.5 Å². The number of amides is 1. The van der Waals surface area contributed by atoms with Crippen molar-refractivity contribution in [3.05, 3.63) is 48.0 Å². The molecule has 2 aliphatic heterocycles. The van der Waals surface area contributed by atoms with Gasteiger partial charge in [0.1, 0.15) is 5.75 Å². The van der Waals surface area contributed by atoms with E-state index in [1.54, 1.807) is 6.92 Å². The van der Waals surface area contributed by atoms with Crippen LogP contribution in [0.3, 0.4) is 0 Å². The number of hydrogen-bond donors (Lipinski definition) is 2. The second-order valence-corrected chi connectivity index (χ2v) is 6.93. The predicted octanol–water partition coefficient (Wildman–Crippen LogP) is 2.31. The normalized spacial score (nSPS) is 20.3. The summed E-state index contributed by atoms with van der Waals surface area (Å²) in [6.07, 6.45) is -0.435. The lowest BCUT2D eigenvalue weighted by Crippen LogP contribution is -2.46. The van der Waals surface area contributed by atoms with E-state index in [1.807, 2.05) is 24.3 Å². The number of carbonyl (C=O) groups is 1. The van der Waals surface area contributed by atoms with Crippen LogP contribution >= 0.6 is 0 Å². The Morgan fingerprint density at radius 1 is 1.12 bits per heavy atom. The number of nitrogens with zero attached hydrogens (tertiary/aromatic N) is 2. The number of nitrogens with one attached hydrogen (secondary N) is 1. The van der Waals surface area contributed by atoms with Crippen molar-refractivity contribution in [1.29, 1.82) is 0 Å². The Balaban J connectivity index is 1.37. The van der Waals surface area contributed by atoms with Crippen molar-refractivity contribution < 1.29 is 9.53 Å². The standard InChI is InChI=1S/C20H24N4O2/c1-14-20(25)22-18-12-15(2-7-19(18)26-14)13-23-8-10-24(11-9-23)17-5-3-16(21)4-6-17/h2-7,12,14H,8-11,13,21H2,1H3,(H,22,25). The molecule has 1 fully saturated rings. The minimum Gasteiger partial charge on any atom is -0.479 e. The maximum Gasteiger partial charge on any atom is 0.265 e. The molecule has 6 heteroatoms. The van der Waals surface area contributed by atoms with Gasteiger partial charge in [0.15, 0.2) is 6.10 Å². The van der Waals surface area contributed by atoms with Crippen molar-refractivity contribution in [1.82, 2.24) is 4.90 Å². The molecule has 2 heterocycles. The van der Waals surface area contributed by atoms with Crippen molar-refractivity contribution in [2.75, 3.05) is 42.1 Å². The number of carbonyl (C=O) groups excluding carboxylic acids is 1. The summed E-state index contributed by atoms with van der Waals surface area (Å²) in [6.45, 7) is 6.61. The lowest BCUT2D eigenvalue weighted by Gasteiger charge is -2.36. The van der Waals surface area contributed by atoms with Crippen molar-refractivity contribution in [2.45, 2.75) is 19.6 Å². The molecule has 2 aromatic rings. The molecule has 0 bridgehead atoms. The third-order valence-corrected chi connectivity index (χ3v) is 5.01. The fraction of sp³-hybridized carbons (Fsp3) is 0.350. The van der Waals surface area contributed by atoms with Gasteiger partial charge in [0, 0.05) is 44.1 Å². The number of piperazine rings is 1. The highest BCUT2D eigenvalue weighted by molar-refractivity contribution is 5.97. The molecule has 0 radical (unpaired) electrons. The molecule has 26 heavy (non-hydrogen) atoms. The van der Waals surface area contributed by atoms with E-state index in [-0.39, 0.29) is 5.91 Å². The Bertz CT molecular complexity index is 798. The van der Waals surface area contributed by atoms with E-state index in [1.165, 1.54) is 11.3 Å². The van der Waals surface area contributed by atoms with Gasteiger partial charge in [-0.3, -0.25) is 9.69 Å². The molecule has 2 aromatic carbocycles. The summed E-state index contributed by atoms with van der Waals surface area (Å²) in [5.41, 5.74) is 9.74. The molecule has 1 amide bonds. The first-order chi connectivity index (χ1) is 12.6. The molecule has 6 nitrogen and oxygen atoms in total. The van der Waals surface area contributed by atoms with Gasteiger partial charge in [-0.1, -0.05) is 6.07 Å². The largest absolute Gasteiger partial charge is 0.479 e. The van der Waals surface area contributed by atoms with Crippen molar-refractivity contribution in [2.24, 2.45) is 0 Å². The summed E-state index contributed by atoms with van der Waals surface area (Å²) >= 11 is 0. The van der Waals surface area contributed by atoms with E-state index in [9.17, 15) is 4.79 Å². The van der Waals surface area contributed by atoms with Gasteiger partial charge in [-0.2, -0.15) is 0 Å². The number of ether oxygens (including phenoxy) is 1. The molecule has 1 saturated heterocycles. The predicted molar refractivity (Wildman–Crippen MR) is 104 cm³/mol. The summed E-state index contributed by atoms with van der Waals surface area (Å²) in [4.78, 5) is 16.6. The van der Waals surface area contributed by atoms with Gasteiger partial charge in [0.2, 0.25) is 0 Å². The van der Waals surface area contributed by atoms with Crippen LogP contribution in [0, 0.1) is 0 Å². The second kappa shape index (κ2) is 6.88. The molecule has 0 spiro atoms. The number of anilines is 3. The van der Waals surface area contributed by atoms with Crippen molar-refractivity contribution >= 4 is 23.0 Å². The maximum absolute atomic E-state index is 11.8. The fourth-order valence-corrected chi connectivity index (χ4v) is 3.46. The van der Waals surface area contributed by atoms with Gasteiger partial charge in [-0.15, -0.1) is 0 Å². The van der Waals surface area contributed by atoms with Crippen molar-refractivity contribution in [3.8, 4) is 5.75 Å². The molecule has 2 aliphatic rings. The topological polar surface area (TPSA) is 70.8 Å². The molecule has 1 atom stereocenters. The van der Waals surface area contributed by atoms with Crippen LogP contribution in [0.15, 0.2) is 42.5 Å². The minimum atomic E-state index is -0.435. The first-order valence-corrected chi connectivity index (χ1v) is 9.02. The quantitative estimate of drug-likeness (QED) is 0.830. The first kappa shape index (κ1) is 16.7. The van der Waals surface area contributed by atoms with Crippen LogP contribution in [0.1, 0.15) is 12.5 Å². The maximum atomic E-state index is 11.8. The Hall–Kier alpha value is -2.73. The van der Waals surface area contributed by atoms with Gasteiger partial charge >= 0.3 is 0 Å². The molecule has 0 aliphatic carbocycles. The Kier molecular flexibility index (Phi) is 4.42. The van der Waals surface area contributed by atoms with Crippen LogP contribution in [-0.2, 0) is 11.3 Å². The van der Waals surface area contributed by atoms with Crippen LogP contribution in [0.4, 0.5) is 17.1 Å². The van der Waals surface area contributed by atoms with Gasteiger partial charge in [-0.25, -0.2) is 0 Å². The molecule has 4 rings (SSSR count). The smallest absolute Gasteiger partial charge is 0.265 e. The third kappa shape index (κ3) is 3.46. The highest BCUT2D eigenvalue weighted by atomic mass is 16.5. The summed E-state index contributed by atoms with van der Waals surface area (Å²) in [5, 5.41) is 2.92. The summed E-state index contributed by atoms with van der Waals surface area (Å²) < 4.78 is 5.62. The highest BCUT2D eigenvalue weighted by Gasteiger charge is 2.24. The Morgan fingerprint density at radius 3 is 2.58 bits per heavy atom. The van der Waals surface area contributed by atoms with Crippen molar-refractivity contribution in [3.63, 3.8) is 0 Å². The lowest BCUT2D eigenvalue weighted by molar-refractivity contribution is -0.122. The molecule has 3 N–H and O–H groups in total. The summed E-state index contributed by atoms with van der Waals surface area (Å²) in [6, 6.07) is 14.1. The van der Waals surface area contributed by atoms with E-state index in [2.05, 4.69) is 33.3 Å². The fourth-order valence-electron chi connectivity index (χ4n) is 3.46. The zero-order valence-electron chi connectivity index (χ0n) is 14.9. The van der Waals surface area contributed by atoms with Gasteiger partial charge in [-0.05, 0) is 48.9 Å². The number of nitrogens with two attached hydrogens (primary N) is 1. The molecule has 0 aromatic heterocycles. The van der Waals surface area contributed by atoms with Crippen LogP contribution in [0.25, 0.3) is 0 Å². The van der Waals surface area contributed by atoms with E-state index in [0.29, 0.717) is 0 Å². The number of benzene rings is 2. The number of rotatable bonds is 3. The summed E-state index contributed by atoms with van der Waals surface area (Å²) in [7, 11) is 0. The summed E-state index contributed by atoms with van der Waals surface area (Å²) in [5.74, 6) is 0.654. The van der Waals surface area contributed by atoms with E-state index >= 15 is 0 Å². The average Bonchev–Trinajstić information content (AvgIpc) is 2.64. The highest BCUT2D eigenvalue weighted by Crippen LogP contribution is 2.31. The van der Waals surface area contributed by atoms with Crippen LogP contribution in [0.5, 0.6) is 5.75 Å². The Labute approximate surface area is 153 Å². The van der Waals surface area contributed by atoms with Gasteiger partial charge in [0.05, 0.1) is 5.69 Å². The Morgan fingerprint density at radius 2 is 1.85 bits per heavy atom. The zero-order chi connectivity index (χ0) is 18.1.